The molecule has 0 aliphatic heterocycles. The van der Waals surface area contributed by atoms with Crippen molar-refractivity contribution in [2.75, 3.05) is 11.1 Å². The molecule has 2 aromatic carbocycles. The summed E-state index contributed by atoms with van der Waals surface area (Å²) in [6.07, 6.45) is 0.349. The van der Waals surface area contributed by atoms with Crippen LogP contribution in [0.4, 0.5) is 11.4 Å². The molecule has 0 fully saturated rings. The smallest absolute Gasteiger partial charge is 0.228 e. The number of carbonyl (C=O) groups excluding carboxylic acids is 1. The Morgan fingerprint density at radius 2 is 1.89 bits per heavy atom. The van der Waals surface area contributed by atoms with Gasteiger partial charge < -0.3 is 11.1 Å². The molecule has 0 aromatic heterocycles. The highest BCUT2D eigenvalue weighted by atomic mass is 79.9. The molecular formula is C15H15BrN2O. The van der Waals surface area contributed by atoms with E-state index >= 15 is 0 Å². The van der Waals surface area contributed by atoms with Crippen molar-refractivity contribution in [2.45, 2.75) is 13.3 Å². The van der Waals surface area contributed by atoms with Crippen molar-refractivity contribution in [3.63, 3.8) is 0 Å². The highest BCUT2D eigenvalue weighted by Gasteiger charge is 2.06. The Morgan fingerprint density at radius 1 is 1.21 bits per heavy atom. The molecule has 19 heavy (non-hydrogen) atoms. The molecule has 0 heterocycles. The van der Waals surface area contributed by atoms with Gasteiger partial charge in [-0.2, -0.15) is 0 Å². The van der Waals surface area contributed by atoms with Crippen LogP contribution in [0.5, 0.6) is 0 Å². The lowest BCUT2D eigenvalue weighted by Crippen LogP contribution is -2.15. The zero-order chi connectivity index (χ0) is 13.8. The monoisotopic (exact) mass is 318 g/mol. The Hall–Kier alpha value is -1.81. The zero-order valence-electron chi connectivity index (χ0n) is 10.6. The van der Waals surface area contributed by atoms with Gasteiger partial charge in [0.1, 0.15) is 0 Å². The molecule has 4 heteroatoms. The molecule has 1 amide bonds. The maximum atomic E-state index is 12.0. The first-order valence-electron chi connectivity index (χ1n) is 5.95. The third kappa shape index (κ3) is 3.83. The van der Waals surface area contributed by atoms with Crippen LogP contribution in [0.3, 0.4) is 0 Å². The van der Waals surface area contributed by atoms with Crippen molar-refractivity contribution in [1.29, 1.82) is 0 Å². The van der Waals surface area contributed by atoms with E-state index in [1.54, 1.807) is 6.07 Å². The summed E-state index contributed by atoms with van der Waals surface area (Å²) in [6.45, 7) is 1.94. The maximum absolute atomic E-state index is 12.0. The van der Waals surface area contributed by atoms with Gasteiger partial charge in [0.2, 0.25) is 5.91 Å². The van der Waals surface area contributed by atoms with E-state index in [2.05, 4.69) is 21.2 Å². The summed E-state index contributed by atoms with van der Waals surface area (Å²) in [5.41, 5.74) is 9.10. The Balaban J connectivity index is 2.05. The third-order valence-electron chi connectivity index (χ3n) is 2.81. The minimum Gasteiger partial charge on any atom is -0.399 e. The fraction of sp³-hybridized carbons (Fsp3) is 0.133. The third-order valence-corrected chi connectivity index (χ3v) is 3.34. The van der Waals surface area contributed by atoms with Gasteiger partial charge >= 0.3 is 0 Å². The van der Waals surface area contributed by atoms with E-state index in [0.29, 0.717) is 12.1 Å². The summed E-state index contributed by atoms with van der Waals surface area (Å²) < 4.78 is 1.00. The molecule has 0 atom stereocenters. The largest absolute Gasteiger partial charge is 0.399 e. The van der Waals surface area contributed by atoms with Crippen LogP contribution >= 0.6 is 15.9 Å². The summed E-state index contributed by atoms with van der Waals surface area (Å²) in [7, 11) is 0. The van der Waals surface area contributed by atoms with E-state index in [0.717, 1.165) is 21.3 Å². The maximum Gasteiger partial charge on any atom is 0.228 e. The van der Waals surface area contributed by atoms with Crippen LogP contribution < -0.4 is 11.1 Å². The fourth-order valence-electron chi connectivity index (χ4n) is 1.76. The molecule has 0 unspecified atom stereocenters. The average Bonchev–Trinajstić information content (AvgIpc) is 2.37. The van der Waals surface area contributed by atoms with E-state index in [1.165, 1.54) is 0 Å². The van der Waals surface area contributed by atoms with Crippen LogP contribution in [0, 0.1) is 6.92 Å². The van der Waals surface area contributed by atoms with Crippen LogP contribution in [0.1, 0.15) is 11.1 Å². The number of amides is 1. The van der Waals surface area contributed by atoms with Gasteiger partial charge in [0.25, 0.3) is 0 Å². The minimum absolute atomic E-state index is 0.0453. The van der Waals surface area contributed by atoms with Crippen LogP contribution in [-0.2, 0) is 11.2 Å². The number of benzene rings is 2. The standard InChI is InChI=1S/C15H15BrN2O/c1-10-2-7-13(17)9-14(10)18-15(19)8-11-3-5-12(16)6-4-11/h2-7,9H,8,17H2,1H3,(H,18,19). The summed E-state index contributed by atoms with van der Waals surface area (Å²) in [4.78, 5) is 12.0. The number of nitrogens with two attached hydrogens (primary N) is 1. The number of nitrogens with one attached hydrogen (secondary N) is 1. The molecule has 2 aromatic rings. The molecule has 0 bridgehead atoms. The van der Waals surface area contributed by atoms with Crippen molar-refractivity contribution in [3.05, 3.63) is 58.1 Å². The number of carbonyl (C=O) groups is 1. The molecule has 98 valence electrons. The van der Waals surface area contributed by atoms with Gasteiger partial charge in [0.15, 0.2) is 0 Å². The summed E-state index contributed by atoms with van der Waals surface area (Å²) in [6, 6.07) is 13.2. The Labute approximate surface area is 121 Å². The quantitative estimate of drug-likeness (QED) is 0.851. The predicted octanol–water partition coefficient (Wildman–Crippen LogP) is 3.52. The van der Waals surface area contributed by atoms with Crippen molar-refractivity contribution in [2.24, 2.45) is 0 Å². The molecule has 3 N–H and O–H groups in total. The van der Waals surface area contributed by atoms with Crippen LogP contribution in [0.15, 0.2) is 46.9 Å². The van der Waals surface area contributed by atoms with Gasteiger partial charge in [-0.15, -0.1) is 0 Å². The second-order valence-corrected chi connectivity index (χ2v) is 5.34. The van der Waals surface area contributed by atoms with Gasteiger partial charge in [-0.3, -0.25) is 4.79 Å². The lowest BCUT2D eigenvalue weighted by Gasteiger charge is -2.09. The molecule has 2 rings (SSSR count). The van der Waals surface area contributed by atoms with Crippen molar-refractivity contribution in [3.8, 4) is 0 Å². The van der Waals surface area contributed by atoms with E-state index in [-0.39, 0.29) is 5.91 Å². The van der Waals surface area contributed by atoms with Gasteiger partial charge in [-0.25, -0.2) is 0 Å². The summed E-state index contributed by atoms with van der Waals surface area (Å²) in [5.74, 6) is -0.0453. The fourth-order valence-corrected chi connectivity index (χ4v) is 2.02. The number of hydrogen-bond acceptors (Lipinski definition) is 2. The highest BCUT2D eigenvalue weighted by Crippen LogP contribution is 2.18. The second-order valence-electron chi connectivity index (χ2n) is 4.43. The van der Waals surface area contributed by atoms with Crippen LogP contribution in [-0.4, -0.2) is 5.91 Å². The molecule has 0 aliphatic carbocycles. The summed E-state index contributed by atoms with van der Waals surface area (Å²) >= 11 is 3.37. The number of aryl methyl sites for hydroxylation is 1. The molecule has 0 saturated heterocycles. The first kappa shape index (κ1) is 13.6. The van der Waals surface area contributed by atoms with E-state index < -0.39 is 0 Å². The number of halogens is 1. The zero-order valence-corrected chi connectivity index (χ0v) is 12.2. The first-order chi connectivity index (χ1) is 9.04. The predicted molar refractivity (Wildman–Crippen MR) is 82.1 cm³/mol. The average molecular weight is 319 g/mol. The number of nitrogen functional groups attached to an aromatic ring is 1. The van der Waals surface area contributed by atoms with Crippen molar-refractivity contribution < 1.29 is 4.79 Å². The number of hydrogen-bond donors (Lipinski definition) is 2. The SMILES string of the molecule is Cc1ccc(N)cc1NC(=O)Cc1ccc(Br)cc1. The topological polar surface area (TPSA) is 55.1 Å². The van der Waals surface area contributed by atoms with Crippen molar-refractivity contribution in [1.82, 2.24) is 0 Å². The van der Waals surface area contributed by atoms with Gasteiger partial charge in [-0.05, 0) is 42.3 Å². The summed E-state index contributed by atoms with van der Waals surface area (Å²) in [5, 5.41) is 2.88. The molecule has 0 spiro atoms. The van der Waals surface area contributed by atoms with Crippen LogP contribution in [0.25, 0.3) is 0 Å². The second kappa shape index (κ2) is 5.89. The Morgan fingerprint density at radius 3 is 2.58 bits per heavy atom. The number of anilines is 2. The lowest BCUT2D eigenvalue weighted by atomic mass is 10.1. The van der Waals surface area contributed by atoms with Crippen LogP contribution in [0.2, 0.25) is 0 Å². The van der Waals surface area contributed by atoms with E-state index in [1.807, 2.05) is 43.3 Å². The normalized spacial score (nSPS) is 10.2. The first-order valence-corrected chi connectivity index (χ1v) is 6.74. The Kier molecular flexibility index (Phi) is 4.22. The van der Waals surface area contributed by atoms with Crippen molar-refractivity contribution >= 4 is 33.2 Å². The highest BCUT2D eigenvalue weighted by molar-refractivity contribution is 9.10. The van der Waals surface area contributed by atoms with Gasteiger partial charge in [-0.1, -0.05) is 34.1 Å². The Bertz CT molecular complexity index is 594. The molecule has 0 saturated carbocycles. The van der Waals surface area contributed by atoms with Gasteiger partial charge in [0.05, 0.1) is 6.42 Å². The lowest BCUT2D eigenvalue weighted by molar-refractivity contribution is -0.115. The van der Waals surface area contributed by atoms with E-state index in [9.17, 15) is 4.79 Å². The van der Waals surface area contributed by atoms with Gasteiger partial charge in [0, 0.05) is 15.8 Å². The van der Waals surface area contributed by atoms with E-state index in [4.69, 9.17) is 5.73 Å². The molecule has 0 aliphatic rings. The molecular weight excluding hydrogens is 304 g/mol. The molecule has 0 radical (unpaired) electrons. The number of rotatable bonds is 3. The molecule has 3 nitrogen and oxygen atoms in total. The minimum atomic E-state index is -0.0453.